The van der Waals surface area contributed by atoms with Gasteiger partial charge in [-0.2, -0.15) is 13.2 Å². The number of piperidine rings is 1. The van der Waals surface area contributed by atoms with Crippen molar-refractivity contribution < 1.29 is 13.2 Å². The molecule has 1 N–H and O–H groups in total. The first kappa shape index (κ1) is 15.1. The first-order valence-corrected chi connectivity index (χ1v) is 7.47. The van der Waals surface area contributed by atoms with Crippen LogP contribution in [-0.2, 0) is 0 Å². The molecule has 2 aliphatic rings. The van der Waals surface area contributed by atoms with Crippen LogP contribution in [0.25, 0.3) is 0 Å². The molecule has 2 atom stereocenters. The third-order valence-corrected chi connectivity index (χ3v) is 4.82. The molecule has 19 heavy (non-hydrogen) atoms. The molecule has 0 aromatic heterocycles. The Morgan fingerprint density at radius 3 is 2.26 bits per heavy atom. The second-order valence-corrected chi connectivity index (χ2v) is 6.06. The Morgan fingerprint density at radius 2 is 1.68 bits per heavy atom. The maximum Gasteiger partial charge on any atom is 0.391 e. The zero-order valence-electron chi connectivity index (χ0n) is 11.7. The van der Waals surface area contributed by atoms with Gasteiger partial charge in [-0.25, -0.2) is 0 Å². The summed E-state index contributed by atoms with van der Waals surface area (Å²) in [6.45, 7) is 2.18. The molecule has 2 fully saturated rings. The zero-order valence-corrected chi connectivity index (χ0v) is 11.7. The van der Waals surface area contributed by atoms with Gasteiger partial charge in [0, 0.05) is 12.6 Å². The highest BCUT2D eigenvalue weighted by molar-refractivity contribution is 4.84. The quantitative estimate of drug-likeness (QED) is 0.853. The molecule has 1 aliphatic carbocycles. The van der Waals surface area contributed by atoms with Gasteiger partial charge in [0.2, 0.25) is 0 Å². The van der Waals surface area contributed by atoms with Gasteiger partial charge >= 0.3 is 6.18 Å². The lowest BCUT2D eigenvalue weighted by Gasteiger charge is -2.38. The normalized spacial score (nSPS) is 31.6. The van der Waals surface area contributed by atoms with Gasteiger partial charge in [-0.05, 0) is 51.7 Å². The summed E-state index contributed by atoms with van der Waals surface area (Å²) in [4.78, 5) is 2.24. The van der Waals surface area contributed by atoms with Crippen molar-refractivity contribution in [3.8, 4) is 0 Å². The van der Waals surface area contributed by atoms with Gasteiger partial charge in [0.25, 0.3) is 0 Å². The zero-order chi connectivity index (χ0) is 13.9. The van der Waals surface area contributed by atoms with Crippen LogP contribution in [0.2, 0.25) is 0 Å². The molecule has 1 saturated heterocycles. The van der Waals surface area contributed by atoms with Crippen LogP contribution in [0.1, 0.15) is 38.5 Å². The molecule has 1 saturated carbocycles. The number of nitrogens with one attached hydrogen (secondary N) is 1. The topological polar surface area (TPSA) is 15.3 Å². The number of halogens is 3. The Bertz CT molecular complexity index is 272. The van der Waals surface area contributed by atoms with Gasteiger partial charge < -0.3 is 10.2 Å². The summed E-state index contributed by atoms with van der Waals surface area (Å²) in [6, 6.07) is 0.550. The van der Waals surface area contributed by atoms with Crippen LogP contribution in [0.5, 0.6) is 0 Å². The first-order chi connectivity index (χ1) is 9.00. The minimum absolute atomic E-state index is 0.278. The van der Waals surface area contributed by atoms with Gasteiger partial charge in [0.15, 0.2) is 0 Å². The largest absolute Gasteiger partial charge is 0.391 e. The third kappa shape index (κ3) is 4.09. The van der Waals surface area contributed by atoms with E-state index in [0.29, 0.717) is 25.0 Å². The van der Waals surface area contributed by atoms with Gasteiger partial charge in [0.1, 0.15) is 0 Å². The molecule has 1 heterocycles. The van der Waals surface area contributed by atoms with E-state index >= 15 is 0 Å². The smallest absolute Gasteiger partial charge is 0.317 e. The highest BCUT2D eigenvalue weighted by atomic mass is 19.4. The van der Waals surface area contributed by atoms with Crippen LogP contribution in [0, 0.1) is 11.8 Å². The predicted octanol–water partition coefficient (Wildman–Crippen LogP) is 3.04. The number of alkyl halides is 3. The van der Waals surface area contributed by atoms with Crippen LogP contribution in [0.4, 0.5) is 13.2 Å². The Labute approximate surface area is 113 Å². The fourth-order valence-corrected chi connectivity index (χ4v) is 3.58. The lowest BCUT2D eigenvalue weighted by molar-refractivity contribution is -0.185. The van der Waals surface area contributed by atoms with Gasteiger partial charge in [-0.15, -0.1) is 0 Å². The van der Waals surface area contributed by atoms with E-state index in [-0.39, 0.29) is 12.8 Å². The highest BCUT2D eigenvalue weighted by Gasteiger charge is 2.41. The van der Waals surface area contributed by atoms with E-state index in [4.69, 9.17) is 0 Å². The molecular formula is C14H25F3N2. The minimum Gasteiger partial charge on any atom is -0.317 e. The summed E-state index contributed by atoms with van der Waals surface area (Å²) in [6.07, 6.45) is 1.52. The minimum atomic E-state index is -4.00. The molecule has 0 radical (unpaired) electrons. The Hall–Kier alpha value is -0.290. The standard InChI is InChI=1S/C14H25F3N2/c1-18-13-5-3-2-4-11(13)10-19-8-6-12(7-9-19)14(15,16)17/h11-13,18H,2-10H2,1H3. The lowest BCUT2D eigenvalue weighted by Crippen LogP contribution is -2.46. The summed E-state index contributed by atoms with van der Waals surface area (Å²) in [5, 5.41) is 3.37. The molecule has 0 spiro atoms. The number of hydrogen-bond acceptors (Lipinski definition) is 2. The van der Waals surface area contributed by atoms with Crippen LogP contribution in [-0.4, -0.2) is 43.8 Å². The number of rotatable bonds is 3. The van der Waals surface area contributed by atoms with Crippen molar-refractivity contribution in [2.24, 2.45) is 11.8 Å². The van der Waals surface area contributed by atoms with Crippen LogP contribution < -0.4 is 5.32 Å². The Morgan fingerprint density at radius 1 is 1.05 bits per heavy atom. The molecule has 2 rings (SSSR count). The van der Waals surface area contributed by atoms with Crippen molar-refractivity contribution in [1.82, 2.24) is 10.2 Å². The average molecular weight is 278 g/mol. The van der Waals surface area contributed by atoms with Crippen molar-refractivity contribution in [1.29, 1.82) is 0 Å². The van der Waals surface area contributed by atoms with Crippen molar-refractivity contribution in [2.75, 3.05) is 26.7 Å². The number of likely N-dealkylation sites (tertiary alicyclic amines) is 1. The average Bonchev–Trinajstić information content (AvgIpc) is 2.39. The van der Waals surface area contributed by atoms with Crippen molar-refractivity contribution in [3.05, 3.63) is 0 Å². The fourth-order valence-electron chi connectivity index (χ4n) is 3.58. The highest BCUT2D eigenvalue weighted by Crippen LogP contribution is 2.35. The summed E-state index contributed by atoms with van der Waals surface area (Å²) >= 11 is 0. The monoisotopic (exact) mass is 278 g/mol. The van der Waals surface area contributed by atoms with Gasteiger partial charge in [-0.3, -0.25) is 0 Å². The van der Waals surface area contributed by atoms with Gasteiger partial charge in [-0.1, -0.05) is 12.8 Å². The maximum absolute atomic E-state index is 12.6. The molecule has 2 unspecified atom stereocenters. The van der Waals surface area contributed by atoms with E-state index in [1.54, 1.807) is 0 Å². The molecule has 0 aromatic carbocycles. The molecule has 0 amide bonds. The van der Waals surface area contributed by atoms with Gasteiger partial charge in [0.05, 0.1) is 5.92 Å². The van der Waals surface area contributed by atoms with E-state index in [0.717, 1.165) is 6.54 Å². The lowest BCUT2D eigenvalue weighted by atomic mass is 9.83. The predicted molar refractivity (Wildman–Crippen MR) is 70.0 cm³/mol. The number of hydrogen-bond donors (Lipinski definition) is 1. The summed E-state index contributed by atoms with van der Waals surface area (Å²) in [5.74, 6) is -0.462. The maximum atomic E-state index is 12.6. The first-order valence-electron chi connectivity index (χ1n) is 7.47. The van der Waals surface area contributed by atoms with Crippen molar-refractivity contribution in [2.45, 2.75) is 50.7 Å². The molecular weight excluding hydrogens is 253 g/mol. The van der Waals surface area contributed by atoms with E-state index in [2.05, 4.69) is 10.2 Å². The second kappa shape index (κ2) is 6.44. The SMILES string of the molecule is CNC1CCCCC1CN1CCC(C(F)(F)F)CC1. The molecule has 0 aromatic rings. The summed E-state index contributed by atoms with van der Waals surface area (Å²) < 4.78 is 37.8. The second-order valence-electron chi connectivity index (χ2n) is 6.06. The van der Waals surface area contributed by atoms with Crippen LogP contribution in [0.3, 0.4) is 0 Å². The molecule has 112 valence electrons. The van der Waals surface area contributed by atoms with Crippen LogP contribution in [0.15, 0.2) is 0 Å². The van der Waals surface area contributed by atoms with Crippen molar-refractivity contribution >= 4 is 0 Å². The molecule has 5 heteroatoms. The molecule has 1 aliphatic heterocycles. The van der Waals surface area contributed by atoms with Crippen molar-refractivity contribution in [3.63, 3.8) is 0 Å². The van der Waals surface area contributed by atoms with E-state index in [1.165, 1.54) is 25.7 Å². The fraction of sp³-hybridized carbons (Fsp3) is 1.00. The Balaban J connectivity index is 1.78. The number of nitrogens with zero attached hydrogens (tertiary/aromatic N) is 1. The van der Waals surface area contributed by atoms with E-state index in [1.807, 2.05) is 7.05 Å². The Kier molecular flexibility index (Phi) is 5.12. The molecule has 2 nitrogen and oxygen atoms in total. The third-order valence-electron chi connectivity index (χ3n) is 4.82. The van der Waals surface area contributed by atoms with E-state index in [9.17, 15) is 13.2 Å². The van der Waals surface area contributed by atoms with E-state index < -0.39 is 12.1 Å². The summed E-state index contributed by atoms with van der Waals surface area (Å²) in [7, 11) is 2.00. The summed E-state index contributed by atoms with van der Waals surface area (Å²) in [5.41, 5.74) is 0. The molecule has 0 bridgehead atoms. The van der Waals surface area contributed by atoms with Crippen LogP contribution >= 0.6 is 0 Å².